The average Bonchev–Trinajstić information content (AvgIpc) is 3.07. The van der Waals surface area contributed by atoms with Crippen molar-refractivity contribution >= 4 is 43.5 Å². The van der Waals surface area contributed by atoms with E-state index in [4.69, 9.17) is 11.6 Å². The average molecular weight is 476 g/mol. The van der Waals surface area contributed by atoms with E-state index in [1.165, 1.54) is 16.4 Å². The molecule has 0 aliphatic carbocycles. The molecule has 1 fully saturated rings. The van der Waals surface area contributed by atoms with Crippen LogP contribution in [0, 0.1) is 5.92 Å². The lowest BCUT2D eigenvalue weighted by molar-refractivity contribution is -0.126. The van der Waals surface area contributed by atoms with Gasteiger partial charge in [-0.05, 0) is 53.0 Å². The van der Waals surface area contributed by atoms with Crippen LogP contribution in [-0.4, -0.2) is 48.0 Å². The number of rotatable bonds is 6. The summed E-state index contributed by atoms with van der Waals surface area (Å²) in [6.45, 7) is 1.72. The summed E-state index contributed by atoms with van der Waals surface area (Å²) in [6.07, 6.45) is 4.54. The molecule has 1 aliphatic rings. The maximum Gasteiger partial charge on any atom is 0.243 e. The molecule has 0 atom stereocenters. The predicted molar refractivity (Wildman–Crippen MR) is 106 cm³/mol. The van der Waals surface area contributed by atoms with Gasteiger partial charge in [0, 0.05) is 36.8 Å². The van der Waals surface area contributed by atoms with Crippen LogP contribution in [0.3, 0.4) is 0 Å². The molecule has 7 nitrogen and oxygen atoms in total. The number of benzene rings is 1. The standard InChI is InChI=1S/C17H20BrClN4O3S/c18-14-11-21-22(12-14)10-7-20-17(24)13-5-8-23(9-6-13)27(25,26)16-3-1-15(19)2-4-16/h1-4,11-13H,5-10H2,(H,20,24). The maximum atomic E-state index is 12.7. The third-order valence-electron chi connectivity index (χ3n) is 4.52. The zero-order valence-electron chi connectivity index (χ0n) is 14.5. The van der Waals surface area contributed by atoms with E-state index < -0.39 is 10.0 Å². The summed E-state index contributed by atoms with van der Waals surface area (Å²) in [4.78, 5) is 12.5. The highest BCUT2D eigenvalue weighted by Gasteiger charge is 2.31. The van der Waals surface area contributed by atoms with Gasteiger partial charge < -0.3 is 5.32 Å². The number of sulfonamides is 1. The minimum Gasteiger partial charge on any atom is -0.354 e. The minimum absolute atomic E-state index is 0.0373. The van der Waals surface area contributed by atoms with Crippen molar-refractivity contribution < 1.29 is 13.2 Å². The monoisotopic (exact) mass is 474 g/mol. The van der Waals surface area contributed by atoms with E-state index in [0.29, 0.717) is 44.0 Å². The SMILES string of the molecule is O=C(NCCn1cc(Br)cn1)C1CCN(S(=O)(=O)c2ccc(Cl)cc2)CC1. The number of amides is 1. The molecule has 0 bridgehead atoms. The molecule has 3 rings (SSSR count). The van der Waals surface area contributed by atoms with E-state index in [-0.39, 0.29) is 16.7 Å². The van der Waals surface area contributed by atoms with Gasteiger partial charge in [-0.3, -0.25) is 9.48 Å². The van der Waals surface area contributed by atoms with Crippen LogP contribution in [0.25, 0.3) is 0 Å². The molecular weight excluding hydrogens is 456 g/mol. The van der Waals surface area contributed by atoms with Crippen molar-refractivity contribution in [3.8, 4) is 0 Å². The Morgan fingerprint density at radius 1 is 1.26 bits per heavy atom. The van der Waals surface area contributed by atoms with Crippen molar-refractivity contribution in [1.29, 1.82) is 0 Å². The Balaban J connectivity index is 1.49. The Kier molecular flexibility index (Phi) is 6.56. The normalized spacial score (nSPS) is 16.4. The number of nitrogens with zero attached hydrogens (tertiary/aromatic N) is 3. The zero-order valence-corrected chi connectivity index (χ0v) is 17.7. The summed E-state index contributed by atoms with van der Waals surface area (Å²) < 4.78 is 29.4. The predicted octanol–water partition coefficient (Wildman–Crippen LogP) is 2.52. The van der Waals surface area contributed by atoms with Gasteiger partial charge in [-0.15, -0.1) is 0 Å². The largest absolute Gasteiger partial charge is 0.354 e. The van der Waals surface area contributed by atoms with Crippen LogP contribution >= 0.6 is 27.5 Å². The number of carbonyl (C=O) groups excluding carboxylic acids is 1. The molecule has 0 unspecified atom stereocenters. The second kappa shape index (κ2) is 8.72. The van der Waals surface area contributed by atoms with Crippen LogP contribution in [0.2, 0.25) is 5.02 Å². The summed E-state index contributed by atoms with van der Waals surface area (Å²) in [7, 11) is -3.55. The number of hydrogen-bond acceptors (Lipinski definition) is 4. The van der Waals surface area contributed by atoms with E-state index in [2.05, 4.69) is 26.3 Å². The molecule has 1 N–H and O–H groups in total. The van der Waals surface area contributed by atoms with E-state index in [1.807, 2.05) is 6.20 Å². The third-order valence-corrected chi connectivity index (χ3v) is 7.09. The molecule has 1 aromatic carbocycles. The lowest BCUT2D eigenvalue weighted by Crippen LogP contribution is -2.43. The van der Waals surface area contributed by atoms with Crippen molar-refractivity contribution in [2.75, 3.05) is 19.6 Å². The molecule has 0 radical (unpaired) electrons. The molecule has 146 valence electrons. The molecule has 0 saturated carbocycles. The molecular formula is C17H20BrClN4O3S. The van der Waals surface area contributed by atoms with Crippen LogP contribution in [0.15, 0.2) is 46.0 Å². The van der Waals surface area contributed by atoms with Crippen LogP contribution in [-0.2, 0) is 21.4 Å². The van der Waals surface area contributed by atoms with E-state index in [1.54, 1.807) is 23.0 Å². The van der Waals surface area contributed by atoms with Crippen LogP contribution < -0.4 is 5.32 Å². The van der Waals surface area contributed by atoms with Crippen LogP contribution in [0.4, 0.5) is 0 Å². The highest BCUT2D eigenvalue weighted by atomic mass is 79.9. The number of hydrogen-bond donors (Lipinski definition) is 1. The van der Waals surface area contributed by atoms with Crippen molar-refractivity contribution in [2.24, 2.45) is 5.92 Å². The van der Waals surface area contributed by atoms with Gasteiger partial charge in [0.05, 0.1) is 22.1 Å². The highest BCUT2D eigenvalue weighted by molar-refractivity contribution is 9.10. The number of halogens is 2. The summed E-state index contributed by atoms with van der Waals surface area (Å²) in [6, 6.07) is 6.13. The second-order valence-electron chi connectivity index (χ2n) is 6.34. The lowest BCUT2D eigenvalue weighted by atomic mass is 9.97. The first-order chi connectivity index (χ1) is 12.9. The molecule has 10 heteroatoms. The molecule has 1 saturated heterocycles. The van der Waals surface area contributed by atoms with Gasteiger partial charge in [-0.1, -0.05) is 11.6 Å². The van der Waals surface area contributed by atoms with Crippen molar-refractivity contribution in [2.45, 2.75) is 24.3 Å². The molecule has 0 spiro atoms. The first-order valence-electron chi connectivity index (χ1n) is 8.57. The summed E-state index contributed by atoms with van der Waals surface area (Å²) in [5, 5.41) is 7.53. The van der Waals surface area contributed by atoms with Crippen molar-refractivity contribution in [1.82, 2.24) is 19.4 Å². The molecule has 1 aromatic heterocycles. The molecule has 2 aromatic rings. The topological polar surface area (TPSA) is 84.3 Å². The van der Waals surface area contributed by atoms with E-state index in [9.17, 15) is 13.2 Å². The van der Waals surface area contributed by atoms with Gasteiger partial charge in [0.1, 0.15) is 0 Å². The van der Waals surface area contributed by atoms with Crippen molar-refractivity contribution in [3.63, 3.8) is 0 Å². The molecule has 27 heavy (non-hydrogen) atoms. The van der Waals surface area contributed by atoms with Gasteiger partial charge >= 0.3 is 0 Å². The van der Waals surface area contributed by atoms with E-state index >= 15 is 0 Å². The fourth-order valence-corrected chi connectivity index (χ4v) is 4.94. The van der Waals surface area contributed by atoms with Gasteiger partial charge in [-0.2, -0.15) is 9.40 Å². The first kappa shape index (κ1) is 20.3. The number of carbonyl (C=O) groups is 1. The quantitative estimate of drug-likeness (QED) is 0.696. The fraction of sp³-hybridized carbons (Fsp3) is 0.412. The summed E-state index contributed by atoms with van der Waals surface area (Å²) in [5.74, 6) is -0.212. The van der Waals surface area contributed by atoms with Gasteiger partial charge in [-0.25, -0.2) is 8.42 Å². The smallest absolute Gasteiger partial charge is 0.243 e. The highest BCUT2D eigenvalue weighted by Crippen LogP contribution is 2.24. The Bertz CT molecular complexity index is 893. The van der Waals surface area contributed by atoms with Gasteiger partial charge in [0.15, 0.2) is 0 Å². The fourth-order valence-electron chi connectivity index (χ4n) is 3.01. The van der Waals surface area contributed by atoms with Crippen LogP contribution in [0.5, 0.6) is 0 Å². The maximum absolute atomic E-state index is 12.7. The van der Waals surface area contributed by atoms with Gasteiger partial charge in [0.2, 0.25) is 15.9 Å². The van der Waals surface area contributed by atoms with Gasteiger partial charge in [0.25, 0.3) is 0 Å². The zero-order chi connectivity index (χ0) is 19.4. The second-order valence-corrected chi connectivity index (χ2v) is 9.63. The number of piperidine rings is 1. The number of nitrogens with one attached hydrogen (secondary N) is 1. The molecule has 1 amide bonds. The summed E-state index contributed by atoms with van der Waals surface area (Å²) >= 11 is 9.15. The van der Waals surface area contributed by atoms with Crippen LogP contribution in [0.1, 0.15) is 12.8 Å². The molecule has 2 heterocycles. The van der Waals surface area contributed by atoms with E-state index in [0.717, 1.165) is 4.47 Å². The Labute approximate surface area is 171 Å². The Morgan fingerprint density at radius 3 is 2.52 bits per heavy atom. The third kappa shape index (κ3) is 5.10. The Morgan fingerprint density at radius 2 is 1.93 bits per heavy atom. The minimum atomic E-state index is -3.55. The Hall–Kier alpha value is -1.42. The lowest BCUT2D eigenvalue weighted by Gasteiger charge is -2.30. The summed E-state index contributed by atoms with van der Waals surface area (Å²) in [5.41, 5.74) is 0. The first-order valence-corrected chi connectivity index (χ1v) is 11.2. The molecule has 1 aliphatic heterocycles. The van der Waals surface area contributed by atoms with Crippen molar-refractivity contribution in [3.05, 3.63) is 46.2 Å². The number of aromatic nitrogens is 2.